The Hall–Kier alpha value is -3.43. The number of carbonyl (C=O) groups excluding carboxylic acids is 4. The second-order valence-electron chi connectivity index (χ2n) is 10.8. The van der Waals surface area contributed by atoms with Crippen molar-refractivity contribution in [1.82, 2.24) is 10.2 Å². The van der Waals surface area contributed by atoms with Gasteiger partial charge in [-0.15, -0.1) is 11.6 Å². The van der Waals surface area contributed by atoms with Gasteiger partial charge in [-0.2, -0.15) is 0 Å². The first-order valence-electron chi connectivity index (χ1n) is 15.3. The van der Waals surface area contributed by atoms with Gasteiger partial charge in [0, 0.05) is 25.3 Å². The topological polar surface area (TPSA) is 114 Å². The molecule has 0 saturated carbocycles. The van der Waals surface area contributed by atoms with Gasteiger partial charge in [-0.05, 0) is 50.3 Å². The average molecular weight is 614 g/mol. The lowest BCUT2D eigenvalue weighted by atomic mass is 10.0. The van der Waals surface area contributed by atoms with Crippen molar-refractivity contribution >= 4 is 41.1 Å². The molecule has 3 rings (SSSR count). The molecule has 2 N–H and O–H groups in total. The molecule has 0 radical (unpaired) electrons. The molecule has 0 aromatic heterocycles. The maximum atomic E-state index is 13.5. The van der Waals surface area contributed by atoms with Crippen LogP contribution in [0.3, 0.4) is 0 Å². The number of amides is 4. The van der Waals surface area contributed by atoms with E-state index in [4.69, 9.17) is 21.1 Å². The van der Waals surface area contributed by atoms with Crippen LogP contribution in [-0.2, 0) is 30.3 Å². The number of halogens is 1. The fraction of sp³-hybridized carbons (Fsp3) is 0.515. The zero-order chi connectivity index (χ0) is 31.1. The van der Waals surface area contributed by atoms with Gasteiger partial charge in [-0.1, -0.05) is 81.1 Å². The van der Waals surface area contributed by atoms with Gasteiger partial charge < -0.3 is 20.1 Å². The molecule has 234 valence electrons. The van der Waals surface area contributed by atoms with Crippen LogP contribution < -0.4 is 10.6 Å². The summed E-state index contributed by atoms with van der Waals surface area (Å²) in [5.74, 6) is -1.52. The third-order valence-electron chi connectivity index (χ3n) is 7.30. The smallest absolute Gasteiger partial charge is 0.326 e. The van der Waals surface area contributed by atoms with E-state index in [1.807, 2.05) is 36.4 Å². The van der Waals surface area contributed by atoms with Crippen molar-refractivity contribution in [2.24, 2.45) is 0 Å². The highest BCUT2D eigenvalue weighted by Gasteiger charge is 2.52. The van der Waals surface area contributed by atoms with E-state index in [0.717, 1.165) is 42.6 Å². The number of rotatable bonds is 19. The molecule has 1 heterocycles. The summed E-state index contributed by atoms with van der Waals surface area (Å²) < 4.78 is 11.5. The molecule has 1 saturated heterocycles. The largest absolute Gasteiger partial charge is 0.462 e. The van der Waals surface area contributed by atoms with E-state index in [-0.39, 0.29) is 19.6 Å². The number of esters is 1. The summed E-state index contributed by atoms with van der Waals surface area (Å²) in [4.78, 5) is 52.5. The Labute approximate surface area is 259 Å². The van der Waals surface area contributed by atoms with Crippen molar-refractivity contribution in [1.29, 1.82) is 0 Å². The number of hydrogen-bond acceptors (Lipinski definition) is 6. The Bertz CT molecular complexity index is 1180. The molecule has 0 bridgehead atoms. The van der Waals surface area contributed by atoms with Gasteiger partial charge in [-0.3, -0.25) is 19.3 Å². The van der Waals surface area contributed by atoms with Gasteiger partial charge >= 0.3 is 12.0 Å². The Balaban J connectivity index is 1.56. The third-order valence-corrected chi connectivity index (χ3v) is 7.66. The lowest BCUT2D eigenvalue weighted by molar-refractivity contribution is -0.151. The number of urea groups is 1. The molecular formula is C33H44ClN3O6. The van der Waals surface area contributed by atoms with E-state index < -0.39 is 47.4 Å². The molecule has 2 aromatic carbocycles. The van der Waals surface area contributed by atoms with Gasteiger partial charge in [-0.25, -0.2) is 4.79 Å². The highest BCUT2D eigenvalue weighted by Crippen LogP contribution is 2.26. The molecule has 10 heteroatoms. The van der Waals surface area contributed by atoms with Gasteiger partial charge in [0.15, 0.2) is 0 Å². The number of ether oxygens (including phenoxy) is 2. The maximum absolute atomic E-state index is 13.5. The number of imide groups is 1. The number of carbonyl (C=O) groups is 4. The van der Waals surface area contributed by atoms with Crippen LogP contribution in [0, 0.1) is 0 Å². The van der Waals surface area contributed by atoms with Crippen LogP contribution in [0.4, 0.5) is 10.5 Å². The minimum Gasteiger partial charge on any atom is -0.462 e. The van der Waals surface area contributed by atoms with E-state index in [0.29, 0.717) is 24.9 Å². The van der Waals surface area contributed by atoms with Crippen LogP contribution in [0.25, 0.3) is 0 Å². The van der Waals surface area contributed by atoms with Crippen LogP contribution in [0.1, 0.15) is 77.2 Å². The van der Waals surface area contributed by atoms with Crippen LogP contribution in [-0.4, -0.2) is 59.1 Å². The Kier molecular flexibility index (Phi) is 14.0. The molecule has 2 aromatic rings. The SMILES string of the molecule is CCCCCCCC(CCC(Cl)CN1C(=O)N[C@@](Cc2ccccc2)(OCC)C1=O)OC(=O)CC(=O)Nc1ccccc1. The van der Waals surface area contributed by atoms with Gasteiger partial charge in [0.2, 0.25) is 11.6 Å². The molecule has 2 unspecified atom stereocenters. The second-order valence-corrected chi connectivity index (χ2v) is 11.5. The number of nitrogens with zero attached hydrogens (tertiary/aromatic N) is 1. The summed E-state index contributed by atoms with van der Waals surface area (Å²) in [5, 5.41) is 4.87. The van der Waals surface area contributed by atoms with Crippen molar-refractivity contribution < 1.29 is 28.7 Å². The van der Waals surface area contributed by atoms with Crippen LogP contribution in [0.15, 0.2) is 60.7 Å². The quantitative estimate of drug-likeness (QED) is 0.0641. The Morgan fingerprint density at radius 1 is 0.930 bits per heavy atom. The van der Waals surface area contributed by atoms with Crippen molar-refractivity contribution in [3.8, 4) is 0 Å². The fourth-order valence-electron chi connectivity index (χ4n) is 5.15. The highest BCUT2D eigenvalue weighted by atomic mass is 35.5. The number of benzene rings is 2. The lowest BCUT2D eigenvalue weighted by Crippen LogP contribution is -2.51. The normalized spacial score (nSPS) is 17.8. The van der Waals surface area contributed by atoms with E-state index in [1.165, 1.54) is 0 Å². The van der Waals surface area contributed by atoms with E-state index in [2.05, 4.69) is 17.6 Å². The number of para-hydroxylation sites is 1. The van der Waals surface area contributed by atoms with Crippen molar-refractivity contribution in [2.75, 3.05) is 18.5 Å². The predicted molar refractivity (Wildman–Crippen MR) is 167 cm³/mol. The molecule has 1 aliphatic rings. The Morgan fingerprint density at radius 3 is 2.28 bits per heavy atom. The summed E-state index contributed by atoms with van der Waals surface area (Å²) in [6.45, 7) is 4.16. The van der Waals surface area contributed by atoms with Gasteiger partial charge in [0.05, 0.1) is 5.38 Å². The molecule has 0 spiro atoms. The number of hydrogen-bond donors (Lipinski definition) is 2. The molecule has 9 nitrogen and oxygen atoms in total. The van der Waals surface area contributed by atoms with E-state index >= 15 is 0 Å². The van der Waals surface area contributed by atoms with Crippen molar-refractivity contribution in [3.05, 3.63) is 66.2 Å². The lowest BCUT2D eigenvalue weighted by Gasteiger charge is -2.27. The Morgan fingerprint density at radius 2 is 1.60 bits per heavy atom. The predicted octanol–water partition coefficient (Wildman–Crippen LogP) is 6.20. The minimum atomic E-state index is -1.49. The molecule has 1 aliphatic heterocycles. The summed E-state index contributed by atoms with van der Waals surface area (Å²) in [6, 6.07) is 17.7. The zero-order valence-corrected chi connectivity index (χ0v) is 25.9. The molecule has 3 atom stereocenters. The monoisotopic (exact) mass is 613 g/mol. The second kappa shape index (κ2) is 17.6. The number of unbranched alkanes of at least 4 members (excludes halogenated alkanes) is 4. The zero-order valence-electron chi connectivity index (χ0n) is 25.2. The molecule has 1 fully saturated rings. The third kappa shape index (κ3) is 11.0. The number of alkyl halides is 1. The number of anilines is 1. The first kappa shape index (κ1) is 34.1. The maximum Gasteiger partial charge on any atom is 0.326 e. The fourth-order valence-corrected chi connectivity index (χ4v) is 5.41. The molecule has 4 amide bonds. The van der Waals surface area contributed by atoms with Crippen LogP contribution in [0.2, 0.25) is 0 Å². The molecule has 0 aliphatic carbocycles. The van der Waals surface area contributed by atoms with Crippen molar-refractivity contribution in [3.63, 3.8) is 0 Å². The molecule has 43 heavy (non-hydrogen) atoms. The van der Waals surface area contributed by atoms with Crippen LogP contribution >= 0.6 is 11.6 Å². The van der Waals surface area contributed by atoms with E-state index in [9.17, 15) is 19.2 Å². The molecular weight excluding hydrogens is 570 g/mol. The van der Waals surface area contributed by atoms with Gasteiger partial charge in [0.25, 0.3) is 5.91 Å². The van der Waals surface area contributed by atoms with Gasteiger partial charge in [0.1, 0.15) is 12.5 Å². The summed E-state index contributed by atoms with van der Waals surface area (Å²) in [5.41, 5.74) is -0.0222. The average Bonchev–Trinajstić information content (AvgIpc) is 3.20. The summed E-state index contributed by atoms with van der Waals surface area (Å²) in [6.07, 6.45) is 6.14. The van der Waals surface area contributed by atoms with Crippen molar-refractivity contribution in [2.45, 2.75) is 95.3 Å². The first-order chi connectivity index (χ1) is 20.8. The summed E-state index contributed by atoms with van der Waals surface area (Å²) >= 11 is 6.66. The summed E-state index contributed by atoms with van der Waals surface area (Å²) in [7, 11) is 0. The van der Waals surface area contributed by atoms with Crippen LogP contribution in [0.5, 0.6) is 0 Å². The first-order valence-corrected chi connectivity index (χ1v) is 15.7. The minimum absolute atomic E-state index is 0.00746. The standard InChI is InChI=1S/C33H44ClN3O6/c1-3-5-6-7-14-19-28(43-30(39)22-29(38)35-27-17-12-9-13-18-27)21-20-26(34)24-37-31(40)33(42-4-2,36-32(37)41)23-25-15-10-8-11-16-25/h8-13,15-18,26,28H,3-7,14,19-24H2,1-2H3,(H,35,38)(H,36,41)/t26?,28?,33-/m0/s1. The highest BCUT2D eigenvalue weighted by molar-refractivity contribution is 6.21. The van der Waals surface area contributed by atoms with E-state index in [1.54, 1.807) is 31.2 Å². The number of nitrogens with one attached hydrogen (secondary N) is 2.